The van der Waals surface area contributed by atoms with Gasteiger partial charge in [0.25, 0.3) is 5.91 Å². The maximum absolute atomic E-state index is 13.4. The Kier molecular flexibility index (Phi) is 6.55. The third-order valence-corrected chi connectivity index (χ3v) is 7.24. The molecule has 1 heterocycles. The standard InChI is InChI=1S/C23H23ClN2O5S/c1-30-22-11-10-20(13-21(22)24)32(28,29)26(15-19-3-2-12-31-19)14-16-4-6-17(7-5-16)23(27)25-18-8-9-18/h2-7,10-13,18H,8-9,14-15H2,1H3,(H,25,27). The van der Waals surface area contributed by atoms with Crippen molar-refractivity contribution in [3.05, 3.63) is 82.8 Å². The lowest BCUT2D eigenvalue weighted by Gasteiger charge is -2.22. The van der Waals surface area contributed by atoms with E-state index in [2.05, 4.69) is 5.32 Å². The molecule has 1 aliphatic carbocycles. The SMILES string of the molecule is COc1ccc(S(=O)(=O)N(Cc2ccc(C(=O)NC3CC3)cc2)Cc2ccco2)cc1Cl. The van der Waals surface area contributed by atoms with Crippen LogP contribution in [0, 0.1) is 0 Å². The number of nitrogens with zero attached hydrogens (tertiary/aromatic N) is 1. The average Bonchev–Trinajstić information content (AvgIpc) is 3.44. The largest absolute Gasteiger partial charge is 0.495 e. The number of hydrogen-bond acceptors (Lipinski definition) is 5. The topological polar surface area (TPSA) is 88.9 Å². The molecule has 1 saturated carbocycles. The molecule has 0 bridgehead atoms. The van der Waals surface area contributed by atoms with E-state index < -0.39 is 10.0 Å². The number of methoxy groups -OCH3 is 1. The quantitative estimate of drug-likeness (QED) is 0.501. The smallest absolute Gasteiger partial charge is 0.251 e. The first-order valence-electron chi connectivity index (χ1n) is 10.1. The number of hydrogen-bond donors (Lipinski definition) is 1. The summed E-state index contributed by atoms with van der Waals surface area (Å²) in [6, 6.07) is 15.0. The summed E-state index contributed by atoms with van der Waals surface area (Å²) in [5, 5.41) is 3.15. The van der Waals surface area contributed by atoms with E-state index in [1.807, 2.05) is 0 Å². The molecule has 3 aromatic rings. The molecule has 1 aliphatic rings. The number of halogens is 1. The average molecular weight is 475 g/mol. The zero-order valence-electron chi connectivity index (χ0n) is 17.5. The molecule has 1 N–H and O–H groups in total. The van der Waals surface area contributed by atoms with Crippen LogP contribution < -0.4 is 10.1 Å². The third kappa shape index (κ3) is 5.15. The molecule has 1 amide bonds. The van der Waals surface area contributed by atoms with Gasteiger partial charge in [-0.15, -0.1) is 0 Å². The maximum Gasteiger partial charge on any atom is 0.251 e. The summed E-state index contributed by atoms with van der Waals surface area (Å²) in [5.41, 5.74) is 1.28. The van der Waals surface area contributed by atoms with Crippen LogP contribution in [0.25, 0.3) is 0 Å². The van der Waals surface area contributed by atoms with Crippen molar-refractivity contribution >= 4 is 27.5 Å². The number of sulfonamides is 1. The van der Waals surface area contributed by atoms with Crippen LogP contribution >= 0.6 is 11.6 Å². The first-order chi connectivity index (χ1) is 15.4. The maximum atomic E-state index is 13.4. The van der Waals surface area contributed by atoms with Crippen molar-refractivity contribution in [3.8, 4) is 5.75 Å². The molecule has 7 nitrogen and oxygen atoms in total. The summed E-state index contributed by atoms with van der Waals surface area (Å²) in [6.07, 6.45) is 3.52. The molecule has 32 heavy (non-hydrogen) atoms. The van der Waals surface area contributed by atoms with Crippen molar-refractivity contribution in [2.45, 2.75) is 36.9 Å². The molecule has 1 aromatic heterocycles. The summed E-state index contributed by atoms with van der Waals surface area (Å²) in [4.78, 5) is 12.3. The zero-order chi connectivity index (χ0) is 22.7. The predicted molar refractivity (Wildman–Crippen MR) is 120 cm³/mol. The molecule has 0 unspecified atom stereocenters. The molecule has 4 rings (SSSR count). The van der Waals surface area contributed by atoms with Crippen molar-refractivity contribution in [2.75, 3.05) is 7.11 Å². The predicted octanol–water partition coefficient (Wildman–Crippen LogP) is 4.22. The van der Waals surface area contributed by atoms with E-state index in [9.17, 15) is 13.2 Å². The van der Waals surface area contributed by atoms with Gasteiger partial charge in [-0.1, -0.05) is 23.7 Å². The van der Waals surface area contributed by atoms with Gasteiger partial charge in [0.2, 0.25) is 10.0 Å². The molecule has 0 atom stereocenters. The lowest BCUT2D eigenvalue weighted by Crippen LogP contribution is -2.30. The van der Waals surface area contributed by atoms with Gasteiger partial charge < -0.3 is 14.5 Å². The van der Waals surface area contributed by atoms with Gasteiger partial charge in [0.1, 0.15) is 11.5 Å². The van der Waals surface area contributed by atoms with E-state index in [0.29, 0.717) is 17.1 Å². The van der Waals surface area contributed by atoms with Crippen molar-refractivity contribution in [1.82, 2.24) is 9.62 Å². The first-order valence-corrected chi connectivity index (χ1v) is 11.9. The van der Waals surface area contributed by atoms with Gasteiger partial charge in [-0.2, -0.15) is 4.31 Å². The summed E-state index contributed by atoms with van der Waals surface area (Å²) in [5.74, 6) is 0.781. The van der Waals surface area contributed by atoms with E-state index in [1.165, 1.54) is 35.9 Å². The first kappa shape index (κ1) is 22.4. The molecule has 1 fully saturated rings. The minimum Gasteiger partial charge on any atom is -0.495 e. The lowest BCUT2D eigenvalue weighted by atomic mass is 10.1. The van der Waals surface area contributed by atoms with Crippen LogP contribution in [-0.4, -0.2) is 31.8 Å². The number of carbonyl (C=O) groups is 1. The number of carbonyl (C=O) groups excluding carboxylic acids is 1. The van der Waals surface area contributed by atoms with Crippen molar-refractivity contribution in [1.29, 1.82) is 0 Å². The van der Waals surface area contributed by atoms with Gasteiger partial charge in [-0.3, -0.25) is 4.79 Å². The van der Waals surface area contributed by atoms with Gasteiger partial charge in [0.05, 0.1) is 29.8 Å². The van der Waals surface area contributed by atoms with E-state index >= 15 is 0 Å². The summed E-state index contributed by atoms with van der Waals surface area (Å²) in [6.45, 7) is 0.139. The second kappa shape index (κ2) is 9.36. The highest BCUT2D eigenvalue weighted by Crippen LogP contribution is 2.30. The fraction of sp³-hybridized carbons (Fsp3) is 0.261. The minimum atomic E-state index is -3.90. The Balaban J connectivity index is 1.59. The summed E-state index contributed by atoms with van der Waals surface area (Å²) < 4.78 is 38.7. The van der Waals surface area contributed by atoms with Gasteiger partial charge in [-0.05, 0) is 60.9 Å². The Morgan fingerprint density at radius 2 is 1.91 bits per heavy atom. The van der Waals surface area contributed by atoms with Crippen LogP contribution in [0.15, 0.2) is 70.2 Å². The number of benzene rings is 2. The molecule has 2 aromatic carbocycles. The number of rotatable bonds is 9. The molecule has 0 aliphatic heterocycles. The van der Waals surface area contributed by atoms with Gasteiger partial charge in [0, 0.05) is 18.2 Å². The normalized spacial score (nSPS) is 13.8. The van der Waals surface area contributed by atoms with E-state index in [4.69, 9.17) is 20.8 Å². The highest BCUT2D eigenvalue weighted by atomic mass is 35.5. The van der Waals surface area contributed by atoms with Gasteiger partial charge in [0.15, 0.2) is 0 Å². The molecular weight excluding hydrogens is 452 g/mol. The summed E-state index contributed by atoms with van der Waals surface area (Å²) >= 11 is 6.17. The molecule has 9 heteroatoms. The third-order valence-electron chi connectivity index (χ3n) is 5.16. The van der Waals surface area contributed by atoms with E-state index in [0.717, 1.165) is 18.4 Å². The Morgan fingerprint density at radius 1 is 1.16 bits per heavy atom. The van der Waals surface area contributed by atoms with Gasteiger partial charge >= 0.3 is 0 Å². The fourth-order valence-electron chi connectivity index (χ4n) is 3.22. The second-order valence-electron chi connectivity index (χ2n) is 7.59. The van der Waals surface area contributed by atoms with Crippen LogP contribution in [0.1, 0.15) is 34.5 Å². The van der Waals surface area contributed by atoms with Crippen LogP contribution in [0.3, 0.4) is 0 Å². The number of ether oxygens (including phenoxy) is 1. The molecule has 0 spiro atoms. The minimum absolute atomic E-state index is 0.0445. The van der Waals surface area contributed by atoms with E-state index in [-0.39, 0.29) is 35.0 Å². The molecular formula is C23H23ClN2O5S. The Morgan fingerprint density at radius 3 is 2.50 bits per heavy atom. The molecule has 0 radical (unpaired) electrons. The monoisotopic (exact) mass is 474 g/mol. The van der Waals surface area contributed by atoms with Crippen molar-refractivity contribution in [3.63, 3.8) is 0 Å². The summed E-state index contributed by atoms with van der Waals surface area (Å²) in [7, 11) is -2.44. The second-order valence-corrected chi connectivity index (χ2v) is 9.94. The van der Waals surface area contributed by atoms with Crippen LogP contribution in [-0.2, 0) is 23.1 Å². The highest BCUT2D eigenvalue weighted by Gasteiger charge is 2.27. The number of nitrogens with one attached hydrogen (secondary N) is 1. The van der Waals surface area contributed by atoms with Crippen LogP contribution in [0.4, 0.5) is 0 Å². The Labute approximate surface area is 192 Å². The van der Waals surface area contributed by atoms with Gasteiger partial charge in [-0.25, -0.2) is 8.42 Å². The fourth-order valence-corrected chi connectivity index (χ4v) is 4.96. The van der Waals surface area contributed by atoms with Crippen molar-refractivity contribution in [2.24, 2.45) is 0 Å². The van der Waals surface area contributed by atoms with Crippen LogP contribution in [0.5, 0.6) is 5.75 Å². The Hall–Kier alpha value is -2.81. The Bertz CT molecular complexity index is 1190. The molecule has 0 saturated heterocycles. The highest BCUT2D eigenvalue weighted by molar-refractivity contribution is 7.89. The zero-order valence-corrected chi connectivity index (χ0v) is 19.0. The van der Waals surface area contributed by atoms with Crippen molar-refractivity contribution < 1.29 is 22.4 Å². The lowest BCUT2D eigenvalue weighted by molar-refractivity contribution is 0.0951. The van der Waals surface area contributed by atoms with Crippen LogP contribution in [0.2, 0.25) is 5.02 Å². The van der Waals surface area contributed by atoms with E-state index in [1.54, 1.807) is 36.4 Å². The molecule has 168 valence electrons. The number of amides is 1. The number of furan rings is 1.